The Kier molecular flexibility index (Phi) is 5.63. The van der Waals surface area contributed by atoms with Crippen LogP contribution in [0.1, 0.15) is 25.8 Å². The minimum atomic E-state index is -0.458. The van der Waals surface area contributed by atoms with E-state index in [4.69, 9.17) is 17.3 Å². The van der Waals surface area contributed by atoms with Crippen LogP contribution in [-0.4, -0.2) is 19.0 Å². The zero-order chi connectivity index (χ0) is 13.6. The van der Waals surface area contributed by atoms with Gasteiger partial charge in [0.15, 0.2) is 0 Å². The number of carbonyl (C=O) groups excluding carboxylic acids is 1. The molecule has 1 rings (SSSR count). The molecule has 1 aromatic rings. The van der Waals surface area contributed by atoms with E-state index < -0.39 is 5.41 Å². The molecular formula is C14H21ClN2O. The van der Waals surface area contributed by atoms with Gasteiger partial charge in [-0.3, -0.25) is 4.79 Å². The third kappa shape index (κ3) is 4.00. The molecule has 1 aromatic carbocycles. The van der Waals surface area contributed by atoms with Gasteiger partial charge >= 0.3 is 0 Å². The van der Waals surface area contributed by atoms with Crippen molar-refractivity contribution < 1.29 is 4.79 Å². The van der Waals surface area contributed by atoms with Crippen LogP contribution in [0.15, 0.2) is 24.3 Å². The summed E-state index contributed by atoms with van der Waals surface area (Å²) in [5, 5.41) is 3.66. The highest BCUT2D eigenvalue weighted by atomic mass is 35.5. The van der Waals surface area contributed by atoms with Crippen molar-refractivity contribution in [3.8, 4) is 0 Å². The molecular weight excluding hydrogens is 248 g/mol. The fourth-order valence-electron chi connectivity index (χ4n) is 1.58. The maximum Gasteiger partial charge on any atom is 0.227 e. The Hall–Kier alpha value is -1.06. The summed E-state index contributed by atoms with van der Waals surface area (Å²) in [6.07, 6.45) is 1.55. The summed E-state index contributed by atoms with van der Waals surface area (Å²) in [5.74, 6) is 0.0291. The molecule has 18 heavy (non-hydrogen) atoms. The summed E-state index contributed by atoms with van der Waals surface area (Å²) in [7, 11) is 0. The monoisotopic (exact) mass is 268 g/mol. The fourth-order valence-corrected chi connectivity index (χ4v) is 1.71. The van der Waals surface area contributed by atoms with E-state index in [0.717, 1.165) is 23.4 Å². The summed E-state index contributed by atoms with van der Waals surface area (Å²) >= 11 is 5.81. The number of hydrogen-bond acceptors (Lipinski definition) is 2. The second-order valence-corrected chi connectivity index (χ2v) is 5.19. The normalized spacial score (nSPS) is 14.0. The van der Waals surface area contributed by atoms with Crippen LogP contribution in [0, 0.1) is 5.41 Å². The molecule has 0 aliphatic carbocycles. The van der Waals surface area contributed by atoms with Gasteiger partial charge in [-0.2, -0.15) is 0 Å². The first-order valence-electron chi connectivity index (χ1n) is 6.24. The number of rotatable bonds is 6. The van der Waals surface area contributed by atoms with E-state index in [-0.39, 0.29) is 5.91 Å². The Bertz CT molecular complexity index is 385. The van der Waals surface area contributed by atoms with Crippen molar-refractivity contribution in [3.05, 3.63) is 34.9 Å². The first-order chi connectivity index (χ1) is 8.51. The van der Waals surface area contributed by atoms with Gasteiger partial charge in [0, 0.05) is 18.1 Å². The molecule has 0 saturated heterocycles. The molecule has 0 fully saturated rings. The molecule has 0 radical (unpaired) electrons. The molecule has 1 unspecified atom stereocenters. The standard InChI is InChI=1S/C14H21ClN2O/c1-3-14(2,10-16)13(18)17-9-8-11-4-6-12(15)7-5-11/h4-7H,3,8-10,16H2,1-2H3,(H,17,18). The van der Waals surface area contributed by atoms with Gasteiger partial charge in [0.25, 0.3) is 0 Å². The number of nitrogens with two attached hydrogens (primary N) is 1. The minimum absolute atomic E-state index is 0.0291. The van der Waals surface area contributed by atoms with Gasteiger partial charge in [0.1, 0.15) is 0 Å². The van der Waals surface area contributed by atoms with Crippen LogP contribution in [-0.2, 0) is 11.2 Å². The molecule has 0 aromatic heterocycles. The Balaban J connectivity index is 2.42. The van der Waals surface area contributed by atoms with Crippen LogP contribution < -0.4 is 11.1 Å². The van der Waals surface area contributed by atoms with E-state index >= 15 is 0 Å². The van der Waals surface area contributed by atoms with Crippen molar-refractivity contribution in [2.75, 3.05) is 13.1 Å². The van der Waals surface area contributed by atoms with Crippen molar-refractivity contribution in [2.45, 2.75) is 26.7 Å². The maximum absolute atomic E-state index is 12.0. The van der Waals surface area contributed by atoms with Crippen LogP contribution >= 0.6 is 11.6 Å². The second kappa shape index (κ2) is 6.76. The lowest BCUT2D eigenvalue weighted by atomic mass is 9.86. The van der Waals surface area contributed by atoms with Gasteiger partial charge in [-0.1, -0.05) is 30.7 Å². The lowest BCUT2D eigenvalue weighted by Gasteiger charge is -2.24. The van der Waals surface area contributed by atoms with E-state index in [2.05, 4.69) is 5.32 Å². The van der Waals surface area contributed by atoms with Crippen LogP contribution in [0.3, 0.4) is 0 Å². The highest BCUT2D eigenvalue weighted by molar-refractivity contribution is 6.30. The smallest absolute Gasteiger partial charge is 0.227 e. The Morgan fingerprint density at radius 1 is 1.39 bits per heavy atom. The third-order valence-electron chi connectivity index (χ3n) is 3.39. The van der Waals surface area contributed by atoms with Crippen LogP contribution in [0.5, 0.6) is 0 Å². The summed E-state index contributed by atoms with van der Waals surface area (Å²) < 4.78 is 0. The molecule has 1 amide bonds. The van der Waals surface area contributed by atoms with E-state index in [1.807, 2.05) is 38.1 Å². The highest BCUT2D eigenvalue weighted by Gasteiger charge is 2.28. The topological polar surface area (TPSA) is 55.1 Å². The summed E-state index contributed by atoms with van der Waals surface area (Å²) in [5.41, 5.74) is 6.34. The second-order valence-electron chi connectivity index (χ2n) is 4.75. The third-order valence-corrected chi connectivity index (χ3v) is 3.64. The first kappa shape index (κ1) is 15.0. The van der Waals surface area contributed by atoms with Gasteiger partial charge < -0.3 is 11.1 Å². The predicted molar refractivity (Wildman–Crippen MR) is 75.6 cm³/mol. The van der Waals surface area contributed by atoms with Crippen molar-refractivity contribution in [1.29, 1.82) is 0 Å². The zero-order valence-corrected chi connectivity index (χ0v) is 11.8. The van der Waals surface area contributed by atoms with Crippen LogP contribution in [0.25, 0.3) is 0 Å². The largest absolute Gasteiger partial charge is 0.355 e. The van der Waals surface area contributed by atoms with Gasteiger partial charge in [-0.05, 0) is 37.5 Å². The Labute approximate surface area is 114 Å². The van der Waals surface area contributed by atoms with E-state index in [1.54, 1.807) is 0 Å². The lowest BCUT2D eigenvalue weighted by molar-refractivity contribution is -0.129. The van der Waals surface area contributed by atoms with Crippen LogP contribution in [0.4, 0.5) is 0 Å². The molecule has 0 aliphatic rings. The highest BCUT2D eigenvalue weighted by Crippen LogP contribution is 2.19. The molecule has 0 aliphatic heterocycles. The number of halogens is 1. The van der Waals surface area contributed by atoms with Crippen molar-refractivity contribution in [1.82, 2.24) is 5.32 Å². The summed E-state index contributed by atoms with van der Waals surface area (Å²) in [6, 6.07) is 7.65. The van der Waals surface area contributed by atoms with Gasteiger partial charge in [-0.15, -0.1) is 0 Å². The van der Waals surface area contributed by atoms with Gasteiger partial charge in [-0.25, -0.2) is 0 Å². The molecule has 1 atom stereocenters. The predicted octanol–water partition coefficient (Wildman–Crippen LogP) is 2.37. The average molecular weight is 269 g/mol. The van der Waals surface area contributed by atoms with Crippen molar-refractivity contribution in [2.24, 2.45) is 11.1 Å². The molecule has 4 heteroatoms. The van der Waals surface area contributed by atoms with Crippen molar-refractivity contribution >= 4 is 17.5 Å². The molecule has 0 saturated carbocycles. The maximum atomic E-state index is 12.0. The molecule has 3 nitrogen and oxygen atoms in total. The van der Waals surface area contributed by atoms with E-state index in [1.165, 1.54) is 0 Å². The number of hydrogen-bond donors (Lipinski definition) is 2. The lowest BCUT2D eigenvalue weighted by Crippen LogP contribution is -2.44. The number of benzene rings is 1. The SMILES string of the molecule is CCC(C)(CN)C(=O)NCCc1ccc(Cl)cc1. The summed E-state index contributed by atoms with van der Waals surface area (Å²) in [6.45, 7) is 4.86. The fraction of sp³-hybridized carbons (Fsp3) is 0.500. The molecule has 100 valence electrons. The quantitative estimate of drug-likeness (QED) is 0.832. The van der Waals surface area contributed by atoms with E-state index in [0.29, 0.717) is 13.1 Å². The Morgan fingerprint density at radius 2 is 2.00 bits per heavy atom. The number of amides is 1. The van der Waals surface area contributed by atoms with Gasteiger partial charge in [0.2, 0.25) is 5.91 Å². The minimum Gasteiger partial charge on any atom is -0.355 e. The number of nitrogens with one attached hydrogen (secondary N) is 1. The first-order valence-corrected chi connectivity index (χ1v) is 6.62. The van der Waals surface area contributed by atoms with E-state index in [9.17, 15) is 4.79 Å². The molecule has 0 heterocycles. The molecule has 3 N–H and O–H groups in total. The Morgan fingerprint density at radius 3 is 2.50 bits per heavy atom. The molecule has 0 spiro atoms. The summed E-state index contributed by atoms with van der Waals surface area (Å²) in [4.78, 5) is 12.0. The van der Waals surface area contributed by atoms with Crippen molar-refractivity contribution in [3.63, 3.8) is 0 Å². The average Bonchev–Trinajstić information content (AvgIpc) is 2.40. The zero-order valence-electron chi connectivity index (χ0n) is 11.0. The van der Waals surface area contributed by atoms with Gasteiger partial charge in [0.05, 0.1) is 5.41 Å². The molecule has 0 bridgehead atoms. The number of carbonyl (C=O) groups is 1. The van der Waals surface area contributed by atoms with Crippen LogP contribution in [0.2, 0.25) is 5.02 Å².